The van der Waals surface area contributed by atoms with Crippen LogP contribution in [-0.2, 0) is 4.79 Å². The first-order valence-corrected chi connectivity index (χ1v) is 7.21. The average molecular weight is 287 g/mol. The number of amides is 2. The Morgan fingerprint density at radius 1 is 1.14 bits per heavy atom. The van der Waals surface area contributed by atoms with E-state index in [1.807, 2.05) is 18.7 Å². The lowest BCUT2D eigenvalue weighted by Crippen LogP contribution is -2.36. The maximum absolute atomic E-state index is 12.4. The predicted molar refractivity (Wildman–Crippen MR) is 80.8 cm³/mol. The summed E-state index contributed by atoms with van der Waals surface area (Å²) >= 11 is 0. The van der Waals surface area contributed by atoms with Gasteiger partial charge in [0.05, 0.1) is 5.56 Å². The van der Waals surface area contributed by atoms with E-state index in [1.165, 1.54) is 0 Å². The van der Waals surface area contributed by atoms with E-state index in [2.05, 4.69) is 4.98 Å². The van der Waals surface area contributed by atoms with Crippen LogP contribution in [0.1, 0.15) is 30.6 Å². The first-order valence-electron chi connectivity index (χ1n) is 7.21. The van der Waals surface area contributed by atoms with Gasteiger partial charge in [0.25, 0.3) is 5.91 Å². The summed E-state index contributed by atoms with van der Waals surface area (Å²) in [6.45, 7) is 6.33. The van der Waals surface area contributed by atoms with Gasteiger partial charge in [0.2, 0.25) is 5.91 Å². The summed E-state index contributed by atoms with van der Waals surface area (Å²) in [7, 11) is 0. The lowest BCUT2D eigenvalue weighted by Gasteiger charge is -2.21. The number of aromatic nitrogens is 1. The molecule has 0 bridgehead atoms. The van der Waals surface area contributed by atoms with Crippen LogP contribution in [0.15, 0.2) is 36.2 Å². The molecular weight excluding hydrogens is 266 g/mol. The molecule has 5 nitrogen and oxygen atoms in total. The lowest BCUT2D eigenvalue weighted by molar-refractivity contribution is -0.125. The Morgan fingerprint density at radius 3 is 2.52 bits per heavy atom. The molecule has 1 aromatic rings. The molecule has 0 spiro atoms. The molecule has 1 aliphatic rings. The highest BCUT2D eigenvalue weighted by Gasteiger charge is 2.21. The van der Waals surface area contributed by atoms with Crippen molar-refractivity contribution in [3.63, 3.8) is 0 Å². The van der Waals surface area contributed by atoms with Crippen molar-refractivity contribution in [1.29, 1.82) is 0 Å². The van der Waals surface area contributed by atoms with Crippen molar-refractivity contribution in [1.82, 2.24) is 14.8 Å². The van der Waals surface area contributed by atoms with Gasteiger partial charge in [-0.3, -0.25) is 14.6 Å². The monoisotopic (exact) mass is 287 g/mol. The molecule has 5 heteroatoms. The van der Waals surface area contributed by atoms with E-state index in [-0.39, 0.29) is 11.8 Å². The third kappa shape index (κ3) is 4.15. The summed E-state index contributed by atoms with van der Waals surface area (Å²) in [6, 6.07) is 3.53. The number of hydrogen-bond donors (Lipinski definition) is 0. The highest BCUT2D eigenvalue weighted by molar-refractivity contribution is 5.94. The van der Waals surface area contributed by atoms with Crippen molar-refractivity contribution in [3.05, 3.63) is 41.7 Å². The zero-order valence-corrected chi connectivity index (χ0v) is 12.6. The minimum atomic E-state index is -0.0142. The molecule has 0 unspecified atom stereocenters. The van der Waals surface area contributed by atoms with E-state index >= 15 is 0 Å². The summed E-state index contributed by atoms with van der Waals surface area (Å²) in [5.41, 5.74) is 1.59. The minimum absolute atomic E-state index is 0.0142. The molecule has 0 saturated carbocycles. The molecule has 2 amide bonds. The second-order valence-corrected chi connectivity index (χ2v) is 5.43. The molecule has 0 atom stereocenters. The van der Waals surface area contributed by atoms with Crippen molar-refractivity contribution in [2.75, 3.05) is 26.2 Å². The van der Waals surface area contributed by atoms with Gasteiger partial charge in [-0.1, -0.05) is 5.57 Å². The number of carbonyl (C=O) groups excluding carboxylic acids is 2. The van der Waals surface area contributed by atoms with Gasteiger partial charge >= 0.3 is 0 Å². The van der Waals surface area contributed by atoms with Gasteiger partial charge in [-0.2, -0.15) is 0 Å². The highest BCUT2D eigenvalue weighted by atomic mass is 16.2. The topological polar surface area (TPSA) is 53.5 Å². The van der Waals surface area contributed by atoms with Crippen molar-refractivity contribution in [2.24, 2.45) is 0 Å². The molecule has 2 heterocycles. The summed E-state index contributed by atoms with van der Waals surface area (Å²) < 4.78 is 0. The van der Waals surface area contributed by atoms with Gasteiger partial charge in [-0.25, -0.2) is 0 Å². The molecule has 0 aliphatic carbocycles. The van der Waals surface area contributed by atoms with Crippen LogP contribution in [0.2, 0.25) is 0 Å². The van der Waals surface area contributed by atoms with Crippen molar-refractivity contribution < 1.29 is 9.59 Å². The molecule has 1 saturated heterocycles. The van der Waals surface area contributed by atoms with E-state index in [0.717, 1.165) is 12.0 Å². The van der Waals surface area contributed by atoms with Crippen LogP contribution in [0.5, 0.6) is 0 Å². The number of rotatable bonds is 2. The molecule has 2 rings (SSSR count). The molecule has 1 aliphatic heterocycles. The van der Waals surface area contributed by atoms with Crippen molar-refractivity contribution in [3.8, 4) is 0 Å². The SMILES string of the molecule is CC(C)=CC(=O)N1CCCN(C(=O)c2cccnc2)CC1. The number of nitrogens with zero attached hydrogens (tertiary/aromatic N) is 3. The Balaban J connectivity index is 1.99. The zero-order chi connectivity index (χ0) is 15.2. The van der Waals surface area contributed by atoms with Crippen molar-refractivity contribution in [2.45, 2.75) is 20.3 Å². The Kier molecular flexibility index (Phi) is 5.09. The molecule has 0 radical (unpaired) electrons. The first-order chi connectivity index (χ1) is 10.1. The standard InChI is InChI=1S/C16H21N3O2/c1-13(2)11-15(20)18-7-4-8-19(10-9-18)16(21)14-5-3-6-17-12-14/h3,5-6,11-12H,4,7-10H2,1-2H3. The fourth-order valence-corrected chi connectivity index (χ4v) is 2.35. The van der Waals surface area contributed by atoms with Crippen LogP contribution < -0.4 is 0 Å². The van der Waals surface area contributed by atoms with Gasteiger partial charge in [0.15, 0.2) is 0 Å². The highest BCUT2D eigenvalue weighted by Crippen LogP contribution is 2.09. The Labute approximate surface area is 125 Å². The Bertz CT molecular complexity index is 536. The third-order valence-corrected chi connectivity index (χ3v) is 3.42. The molecular formula is C16H21N3O2. The van der Waals surface area contributed by atoms with E-state index in [9.17, 15) is 9.59 Å². The maximum atomic E-state index is 12.4. The fourth-order valence-electron chi connectivity index (χ4n) is 2.35. The molecule has 112 valence electrons. The van der Waals surface area contributed by atoms with Crippen LogP contribution in [0, 0.1) is 0 Å². The van der Waals surface area contributed by atoms with Gasteiger partial charge in [0, 0.05) is 44.6 Å². The van der Waals surface area contributed by atoms with Crippen LogP contribution >= 0.6 is 0 Å². The van der Waals surface area contributed by atoms with Crippen molar-refractivity contribution >= 4 is 11.8 Å². The second-order valence-electron chi connectivity index (χ2n) is 5.43. The van der Waals surface area contributed by atoms with Crippen LogP contribution in [0.4, 0.5) is 0 Å². The van der Waals surface area contributed by atoms with Crippen LogP contribution in [-0.4, -0.2) is 52.8 Å². The number of carbonyl (C=O) groups is 2. The summed E-state index contributed by atoms with van der Waals surface area (Å²) in [6.07, 6.45) is 5.69. The zero-order valence-electron chi connectivity index (χ0n) is 12.6. The molecule has 0 N–H and O–H groups in total. The Hall–Kier alpha value is -2.17. The van der Waals surface area contributed by atoms with Gasteiger partial charge < -0.3 is 9.80 Å². The number of allylic oxidation sites excluding steroid dienone is 1. The summed E-state index contributed by atoms with van der Waals surface area (Å²) in [5.74, 6) is 0.0188. The molecule has 1 fully saturated rings. The van der Waals surface area contributed by atoms with Gasteiger partial charge in [-0.05, 0) is 32.4 Å². The minimum Gasteiger partial charge on any atom is -0.337 e. The average Bonchev–Trinajstić information content (AvgIpc) is 2.72. The smallest absolute Gasteiger partial charge is 0.255 e. The maximum Gasteiger partial charge on any atom is 0.255 e. The van der Waals surface area contributed by atoms with Crippen LogP contribution in [0.3, 0.4) is 0 Å². The summed E-state index contributed by atoms with van der Waals surface area (Å²) in [4.78, 5) is 32.0. The number of hydrogen-bond acceptors (Lipinski definition) is 3. The second kappa shape index (κ2) is 7.02. The Morgan fingerprint density at radius 2 is 1.86 bits per heavy atom. The fraction of sp³-hybridized carbons (Fsp3) is 0.438. The van der Waals surface area contributed by atoms with Gasteiger partial charge in [-0.15, -0.1) is 0 Å². The third-order valence-electron chi connectivity index (χ3n) is 3.42. The quantitative estimate of drug-likeness (QED) is 0.778. The largest absolute Gasteiger partial charge is 0.337 e. The van der Waals surface area contributed by atoms with E-state index in [1.54, 1.807) is 35.5 Å². The van der Waals surface area contributed by atoms with E-state index < -0.39 is 0 Å². The summed E-state index contributed by atoms with van der Waals surface area (Å²) in [5, 5.41) is 0. The van der Waals surface area contributed by atoms with E-state index in [4.69, 9.17) is 0 Å². The van der Waals surface area contributed by atoms with Gasteiger partial charge in [0.1, 0.15) is 0 Å². The lowest BCUT2D eigenvalue weighted by atomic mass is 10.2. The predicted octanol–water partition coefficient (Wildman–Crippen LogP) is 1.72. The van der Waals surface area contributed by atoms with Crippen LogP contribution in [0.25, 0.3) is 0 Å². The molecule has 0 aromatic carbocycles. The normalized spacial score (nSPS) is 15.3. The molecule has 1 aromatic heterocycles. The first kappa shape index (κ1) is 15.2. The van der Waals surface area contributed by atoms with E-state index in [0.29, 0.717) is 31.7 Å². The molecule has 21 heavy (non-hydrogen) atoms. The number of pyridine rings is 1.